The van der Waals surface area contributed by atoms with Gasteiger partial charge in [0.2, 0.25) is 23.5 Å². The highest BCUT2D eigenvalue weighted by Gasteiger charge is 2.41. The van der Waals surface area contributed by atoms with Crippen LogP contribution >= 0.6 is 46.4 Å². The van der Waals surface area contributed by atoms with Gasteiger partial charge in [0, 0.05) is 174 Å². The number of nitrogens with zero attached hydrogens (tertiary/aromatic N) is 24. The Morgan fingerprint density at radius 3 is 0.608 bits per heavy atom. The zero-order valence-electron chi connectivity index (χ0n) is 82.3. The molecule has 52 heteroatoms. The van der Waals surface area contributed by atoms with Gasteiger partial charge in [-0.3, -0.25) is 58.1 Å². The van der Waals surface area contributed by atoms with E-state index in [1.165, 1.54) is 135 Å². The molecule has 8 atom stereocenters. The van der Waals surface area contributed by atoms with E-state index in [-0.39, 0.29) is 46.8 Å². The van der Waals surface area contributed by atoms with Crippen molar-refractivity contribution in [3.05, 3.63) is 287 Å². The van der Waals surface area contributed by atoms with Crippen molar-refractivity contribution in [2.45, 2.75) is 96.1 Å². The third-order valence-electron chi connectivity index (χ3n) is 23.0. The molecule has 0 spiro atoms. The third kappa shape index (κ3) is 25.3. The molecule has 0 aliphatic heterocycles. The van der Waals surface area contributed by atoms with E-state index in [4.69, 9.17) is 103 Å². The fourth-order valence-corrected chi connectivity index (χ4v) is 21.7. The van der Waals surface area contributed by atoms with Crippen LogP contribution < -0.4 is 37.9 Å². The highest BCUT2D eigenvalue weighted by Crippen LogP contribution is 2.43. The average molecular weight is 2180 g/mol. The first-order valence-corrected chi connectivity index (χ1v) is 52.7. The van der Waals surface area contributed by atoms with Gasteiger partial charge in [-0.15, -0.1) is 40.8 Å². The highest BCUT2D eigenvalue weighted by molar-refractivity contribution is 7.92. The Balaban J connectivity index is 0.000000165. The van der Waals surface area contributed by atoms with Gasteiger partial charge in [0.15, 0.2) is 109 Å². The van der Waals surface area contributed by atoms with Crippen LogP contribution in [0.15, 0.2) is 220 Å². The van der Waals surface area contributed by atoms with Crippen molar-refractivity contribution in [1.29, 1.82) is 0 Å². The molecule has 44 nitrogen and oxygen atoms in total. The predicted octanol–water partition coefficient (Wildman–Crippen LogP) is 13.9. The molecule has 16 heterocycles. The summed E-state index contributed by atoms with van der Waals surface area (Å²) >= 11 is 23.8. The van der Waals surface area contributed by atoms with E-state index in [0.717, 1.165) is 0 Å². The zero-order valence-corrected chi connectivity index (χ0v) is 88.6. The maximum atomic E-state index is 13.7. The fourth-order valence-electron chi connectivity index (χ4n) is 15.5. The lowest BCUT2D eigenvalue weighted by Gasteiger charge is -2.23. The van der Waals surface area contributed by atoms with E-state index < -0.39 is 108 Å². The van der Waals surface area contributed by atoms with Crippen molar-refractivity contribution in [3.63, 3.8) is 0 Å². The van der Waals surface area contributed by atoms with Gasteiger partial charge in [-0.05, 0) is 125 Å². The van der Waals surface area contributed by atoms with Crippen LogP contribution in [0.2, 0.25) is 20.1 Å². The molecule has 0 aromatic carbocycles. The molecule has 0 unspecified atom stereocenters. The Hall–Kier alpha value is -14.4. The fraction of sp³-hybridized carbons (Fsp3) is 0.292. The molecule has 776 valence electrons. The minimum Gasteiger partial charge on any atom is -0.494 e. The Bertz CT molecular complexity index is 6670. The normalized spacial score (nSPS) is 13.2. The van der Waals surface area contributed by atoms with Crippen molar-refractivity contribution in [2.75, 3.05) is 85.3 Å². The molecular weight excluding hydrogens is 2080 g/mol. The lowest BCUT2D eigenvalue weighted by atomic mass is 10.2. The molecule has 0 bridgehead atoms. The number of hydrogen-bond donors (Lipinski definition) is 0. The molecule has 16 rings (SSSR count). The van der Waals surface area contributed by atoms with E-state index in [0.29, 0.717) is 134 Å². The van der Waals surface area contributed by atoms with Crippen LogP contribution in [0.25, 0.3) is 68.3 Å². The van der Waals surface area contributed by atoms with Gasteiger partial charge in [0.25, 0.3) is 0 Å². The lowest BCUT2D eigenvalue weighted by Crippen LogP contribution is -2.29. The van der Waals surface area contributed by atoms with E-state index in [9.17, 15) is 33.7 Å². The number of sulfone groups is 4. The van der Waals surface area contributed by atoms with Gasteiger partial charge < -0.3 is 56.8 Å². The second-order valence-electron chi connectivity index (χ2n) is 31.8. The van der Waals surface area contributed by atoms with Crippen molar-refractivity contribution < 1.29 is 90.5 Å². The molecule has 16 aromatic heterocycles. The summed E-state index contributed by atoms with van der Waals surface area (Å²) < 4.78 is 182. The van der Waals surface area contributed by atoms with Crippen LogP contribution in [0.5, 0.6) is 46.5 Å². The summed E-state index contributed by atoms with van der Waals surface area (Å²) in [6.45, 7) is 6.25. The number of rotatable bonds is 40. The van der Waals surface area contributed by atoms with E-state index in [2.05, 4.69) is 101 Å². The van der Waals surface area contributed by atoms with Gasteiger partial charge in [0.1, 0.15) is 70.4 Å². The number of methoxy groups -OCH3 is 12. The van der Waals surface area contributed by atoms with Gasteiger partial charge in [0.05, 0.1) is 121 Å². The van der Waals surface area contributed by atoms with E-state index >= 15 is 0 Å². The van der Waals surface area contributed by atoms with Crippen LogP contribution in [0, 0.1) is 0 Å². The summed E-state index contributed by atoms with van der Waals surface area (Å²) in [6, 6.07) is 33.7. The second kappa shape index (κ2) is 50.3. The molecule has 0 N–H and O–H groups in total. The topological polar surface area (TPSA) is 525 Å². The first kappa shape index (κ1) is 111. The largest absolute Gasteiger partial charge is 0.494 e. The van der Waals surface area contributed by atoms with Crippen molar-refractivity contribution in [2.24, 2.45) is 0 Å². The van der Waals surface area contributed by atoms with Crippen LogP contribution in [0.3, 0.4) is 0 Å². The molecule has 0 radical (unpaired) electrons. The predicted molar refractivity (Wildman–Crippen MR) is 546 cm³/mol. The van der Waals surface area contributed by atoms with Crippen molar-refractivity contribution in [1.82, 2.24) is 119 Å². The van der Waals surface area contributed by atoms with Crippen LogP contribution in [0.4, 0.5) is 0 Å². The van der Waals surface area contributed by atoms with Gasteiger partial charge in [-0.25, -0.2) is 53.6 Å². The van der Waals surface area contributed by atoms with Gasteiger partial charge in [-0.1, -0.05) is 46.4 Å². The Labute approximate surface area is 872 Å². The monoisotopic (exact) mass is 2180 g/mol. The van der Waals surface area contributed by atoms with E-state index in [1.54, 1.807) is 217 Å². The SMILES string of the molecule is COc1ccnc(OC)c1-n1c(CS(=O)(=O)[C@@H](C)[C@H](OC)c2ccc(Cl)cn2)nnc1-c1cccnc1.COc1ccnc(OC)c1-n1c(CS(=O)(=O)[C@@H](C)[C@H](OC)c2ccc(Cl)cn2)nnc1-c1cccnc1.COc1ccnc(OC)c1-n1c(CS(=O)(=O)[C@H](C)[C@@H](OC)c2ccc(Cl)cn2)nnc1-c1cccnc1.COc1ccnc(OC)c1-n1c(CS(=O)(=O)[C@H](C)[C@@H](OC)c2ccc(Cl)cn2)nnc1-c1cccnc1. The molecule has 0 aliphatic carbocycles. The van der Waals surface area contributed by atoms with Crippen LogP contribution in [-0.4, -0.2) is 259 Å². The van der Waals surface area contributed by atoms with Gasteiger partial charge >= 0.3 is 0 Å². The molecular formula is C96H100Cl4N24O20S4. The number of pyridine rings is 12. The summed E-state index contributed by atoms with van der Waals surface area (Å²) in [6.07, 6.45) is 21.4. The van der Waals surface area contributed by atoms with Crippen molar-refractivity contribution >= 4 is 85.8 Å². The highest BCUT2D eigenvalue weighted by atomic mass is 35.5. The van der Waals surface area contributed by atoms with E-state index in [1.807, 2.05) is 0 Å². The average Bonchev–Trinajstić information content (AvgIpc) is 1.52. The minimum absolute atomic E-state index is 0.134. The molecule has 0 aliphatic rings. The summed E-state index contributed by atoms with van der Waals surface area (Å²) in [5.41, 5.74) is 5.64. The molecule has 0 fully saturated rings. The molecule has 0 saturated carbocycles. The Morgan fingerprint density at radius 1 is 0.250 bits per heavy atom. The van der Waals surface area contributed by atoms with Crippen LogP contribution in [-0.2, 0) is 81.3 Å². The molecule has 148 heavy (non-hydrogen) atoms. The molecule has 16 aromatic rings. The summed E-state index contributed by atoms with van der Waals surface area (Å²) in [7, 11) is 2.09. The number of ether oxygens (including phenoxy) is 12. The minimum atomic E-state index is -3.86. The maximum Gasteiger partial charge on any atom is 0.242 e. The maximum absolute atomic E-state index is 13.7. The summed E-state index contributed by atoms with van der Waals surface area (Å²) in [5.74, 6) is 2.46. The number of aromatic nitrogens is 24. The van der Waals surface area contributed by atoms with Crippen molar-refractivity contribution in [3.8, 4) is 115 Å². The van der Waals surface area contributed by atoms with Crippen LogP contribution in [0.1, 0.15) is 98.2 Å². The lowest BCUT2D eigenvalue weighted by molar-refractivity contribution is 0.0986. The number of hydrogen-bond acceptors (Lipinski definition) is 40. The first-order valence-electron chi connectivity index (χ1n) is 44.3. The summed E-state index contributed by atoms with van der Waals surface area (Å²) in [5, 5.41) is 32.0. The smallest absolute Gasteiger partial charge is 0.242 e. The zero-order chi connectivity index (χ0) is 106. The van der Waals surface area contributed by atoms with Gasteiger partial charge in [-0.2, -0.15) is 0 Å². The Kier molecular flexibility index (Phi) is 37.7. The third-order valence-corrected chi connectivity index (χ3v) is 32.1. The standard InChI is InChI=1S/4C24H25ClN6O5S/c4*1-15(22(35-3)18-8-7-17(25)13-28-18)37(32,33)14-20-29-30-23(16-6-5-10-26-12-16)31(20)21-19(34-2)9-11-27-24(21)36-4/h4*5-13,15,22H,14H2,1-4H3/t4*15-,22-/m1100/s1. The molecule has 0 saturated heterocycles. The summed E-state index contributed by atoms with van der Waals surface area (Å²) in [4.78, 5) is 50.7. The second-order valence-corrected chi connectivity index (χ2v) is 43.0. The quantitative estimate of drug-likeness (QED) is 0.0344. The first-order chi connectivity index (χ1) is 71.2. The number of halogens is 4. The molecule has 0 amide bonds. The Morgan fingerprint density at radius 2 is 0.453 bits per heavy atom.